The number of carbonyl (C=O) groups excluding carboxylic acids is 2. The van der Waals surface area contributed by atoms with Crippen molar-refractivity contribution in [2.24, 2.45) is 5.73 Å². The first-order chi connectivity index (χ1) is 15.2. The molecule has 10 heteroatoms. The second-order valence-corrected chi connectivity index (χ2v) is 7.82. The molecule has 0 atom stereocenters. The molecule has 2 N–H and O–H groups in total. The highest BCUT2D eigenvalue weighted by Gasteiger charge is 2.31. The Labute approximate surface area is 187 Å². The molecule has 1 aromatic heterocycles. The molecule has 0 fully saturated rings. The molecule has 0 aliphatic rings. The van der Waals surface area contributed by atoms with E-state index in [9.17, 15) is 22.8 Å². The fraction of sp³-hybridized carbons (Fsp3) is 0.227. The lowest BCUT2D eigenvalue weighted by molar-refractivity contribution is -0.141. The van der Waals surface area contributed by atoms with E-state index in [-0.39, 0.29) is 29.8 Å². The van der Waals surface area contributed by atoms with E-state index in [1.165, 1.54) is 11.1 Å². The fourth-order valence-corrected chi connectivity index (χ4v) is 3.93. The number of carbonyl (C=O) groups is 2. The highest BCUT2D eigenvalue weighted by molar-refractivity contribution is 7.99. The number of amides is 2. The number of thioether (sulfide) groups is 1. The summed E-state index contributed by atoms with van der Waals surface area (Å²) in [5, 5.41) is 0.0810. The molecule has 0 unspecified atom stereocenters. The van der Waals surface area contributed by atoms with Crippen molar-refractivity contribution < 1.29 is 22.8 Å². The number of alkyl halides is 3. The highest BCUT2D eigenvalue weighted by Crippen LogP contribution is 2.30. The van der Waals surface area contributed by atoms with Gasteiger partial charge in [-0.25, -0.2) is 4.98 Å². The van der Waals surface area contributed by atoms with Crippen LogP contribution in [-0.4, -0.2) is 39.8 Å². The van der Waals surface area contributed by atoms with E-state index in [0.717, 1.165) is 16.3 Å². The van der Waals surface area contributed by atoms with Gasteiger partial charge in [-0.05, 0) is 17.7 Å². The van der Waals surface area contributed by atoms with E-state index in [2.05, 4.69) is 4.98 Å². The predicted octanol–water partition coefficient (Wildman–Crippen LogP) is 4.11. The highest BCUT2D eigenvalue weighted by atomic mass is 32.2. The smallest absolute Gasteiger partial charge is 0.370 e. The summed E-state index contributed by atoms with van der Waals surface area (Å²) in [7, 11) is 0. The topological polar surface area (TPSA) is 81.2 Å². The van der Waals surface area contributed by atoms with Gasteiger partial charge in [0.25, 0.3) is 0 Å². The standard InChI is InChI=1S/C22H21F3N4O2S/c23-22(24,25)15-29-18(16-7-3-1-4-8-16)13-27-21(29)32-14-20(31)28(12-11-19(26)30)17-9-5-2-6-10-17/h1-10,13H,11-12,14-15H2,(H2,26,30). The van der Waals surface area contributed by atoms with Gasteiger partial charge in [0.2, 0.25) is 11.8 Å². The van der Waals surface area contributed by atoms with Crippen molar-refractivity contribution in [2.75, 3.05) is 17.2 Å². The number of aromatic nitrogens is 2. The van der Waals surface area contributed by atoms with Crippen molar-refractivity contribution in [1.29, 1.82) is 0 Å². The first-order valence-corrected chi connectivity index (χ1v) is 10.7. The molecule has 2 amide bonds. The number of anilines is 1. The van der Waals surface area contributed by atoms with Crippen LogP contribution in [0.4, 0.5) is 18.9 Å². The summed E-state index contributed by atoms with van der Waals surface area (Å²) in [4.78, 5) is 29.6. The Morgan fingerprint density at radius 2 is 1.66 bits per heavy atom. The SMILES string of the molecule is NC(=O)CCN(C(=O)CSc1ncc(-c2ccccc2)n1CC(F)(F)F)c1ccccc1. The van der Waals surface area contributed by atoms with Crippen LogP contribution in [0.3, 0.4) is 0 Å². The number of nitrogens with two attached hydrogens (primary N) is 1. The number of para-hydroxylation sites is 1. The molecule has 32 heavy (non-hydrogen) atoms. The first-order valence-electron chi connectivity index (χ1n) is 9.69. The van der Waals surface area contributed by atoms with Crippen molar-refractivity contribution in [1.82, 2.24) is 9.55 Å². The minimum absolute atomic E-state index is 0.0356. The number of rotatable bonds is 9. The summed E-state index contributed by atoms with van der Waals surface area (Å²) >= 11 is 0.913. The van der Waals surface area contributed by atoms with Crippen molar-refractivity contribution in [2.45, 2.75) is 24.3 Å². The summed E-state index contributed by atoms with van der Waals surface area (Å²) in [6.07, 6.45) is -3.12. The zero-order valence-corrected chi connectivity index (χ0v) is 17.8. The first kappa shape index (κ1) is 23.4. The Morgan fingerprint density at radius 1 is 1.03 bits per heavy atom. The number of benzene rings is 2. The molecule has 6 nitrogen and oxygen atoms in total. The van der Waals surface area contributed by atoms with Gasteiger partial charge < -0.3 is 15.2 Å². The zero-order chi connectivity index (χ0) is 23.1. The fourth-order valence-electron chi connectivity index (χ4n) is 3.08. The minimum Gasteiger partial charge on any atom is -0.370 e. The predicted molar refractivity (Wildman–Crippen MR) is 117 cm³/mol. The number of hydrogen-bond donors (Lipinski definition) is 1. The van der Waals surface area contributed by atoms with Crippen molar-refractivity contribution in [3.63, 3.8) is 0 Å². The zero-order valence-electron chi connectivity index (χ0n) is 17.0. The van der Waals surface area contributed by atoms with Gasteiger partial charge in [-0.1, -0.05) is 60.3 Å². The molecule has 0 radical (unpaired) electrons. The molecule has 0 aliphatic carbocycles. The summed E-state index contributed by atoms with van der Waals surface area (Å²) in [5.74, 6) is -1.08. The van der Waals surface area contributed by atoms with Gasteiger partial charge in [-0.2, -0.15) is 13.2 Å². The molecule has 0 bridgehead atoms. The van der Waals surface area contributed by atoms with Crippen LogP contribution in [-0.2, 0) is 16.1 Å². The number of hydrogen-bond acceptors (Lipinski definition) is 4. The summed E-state index contributed by atoms with van der Waals surface area (Å²) in [6, 6.07) is 17.3. The van der Waals surface area contributed by atoms with Crippen LogP contribution in [0.5, 0.6) is 0 Å². The molecule has 3 aromatic rings. The number of imidazole rings is 1. The Kier molecular flexibility index (Phi) is 7.57. The van der Waals surface area contributed by atoms with Crippen molar-refractivity contribution in [3.8, 4) is 11.3 Å². The molecular weight excluding hydrogens is 441 g/mol. The van der Waals surface area contributed by atoms with Gasteiger partial charge in [0.05, 0.1) is 17.6 Å². The number of halogens is 3. The quantitative estimate of drug-likeness (QED) is 0.485. The molecule has 168 valence electrons. The van der Waals surface area contributed by atoms with Crippen LogP contribution in [0, 0.1) is 0 Å². The van der Waals surface area contributed by atoms with Crippen molar-refractivity contribution in [3.05, 3.63) is 66.9 Å². The van der Waals surface area contributed by atoms with E-state index in [4.69, 9.17) is 5.73 Å². The van der Waals surface area contributed by atoms with Crippen LogP contribution in [0.2, 0.25) is 0 Å². The average molecular weight is 462 g/mol. The number of primary amides is 1. The lowest BCUT2D eigenvalue weighted by Crippen LogP contribution is -2.35. The second-order valence-electron chi connectivity index (χ2n) is 6.88. The van der Waals surface area contributed by atoms with Gasteiger partial charge in [-0.3, -0.25) is 9.59 Å². The van der Waals surface area contributed by atoms with E-state index in [1.807, 2.05) is 0 Å². The van der Waals surface area contributed by atoms with Crippen LogP contribution >= 0.6 is 11.8 Å². The van der Waals surface area contributed by atoms with Crippen LogP contribution in [0.25, 0.3) is 11.3 Å². The van der Waals surface area contributed by atoms with E-state index >= 15 is 0 Å². The molecule has 0 spiro atoms. The average Bonchev–Trinajstić information content (AvgIpc) is 3.14. The van der Waals surface area contributed by atoms with Gasteiger partial charge in [-0.15, -0.1) is 0 Å². The Hall–Kier alpha value is -3.27. The molecule has 3 rings (SSSR count). The van der Waals surface area contributed by atoms with Gasteiger partial charge in [0.15, 0.2) is 5.16 Å². The summed E-state index contributed by atoms with van der Waals surface area (Å²) < 4.78 is 40.8. The molecule has 1 heterocycles. The molecule has 0 saturated heterocycles. The van der Waals surface area contributed by atoms with E-state index < -0.39 is 18.6 Å². The van der Waals surface area contributed by atoms with E-state index in [0.29, 0.717) is 16.9 Å². The van der Waals surface area contributed by atoms with Crippen LogP contribution in [0.1, 0.15) is 6.42 Å². The maximum absolute atomic E-state index is 13.2. The third-order valence-corrected chi connectivity index (χ3v) is 5.48. The summed E-state index contributed by atoms with van der Waals surface area (Å²) in [6.45, 7) is -1.15. The minimum atomic E-state index is -4.46. The Bertz CT molecular complexity index is 1060. The Balaban J connectivity index is 1.82. The number of nitrogens with zero attached hydrogens (tertiary/aromatic N) is 3. The summed E-state index contributed by atoms with van der Waals surface area (Å²) in [5.41, 5.74) is 6.69. The lowest BCUT2D eigenvalue weighted by atomic mass is 10.2. The molecule has 0 aliphatic heterocycles. The van der Waals surface area contributed by atoms with Crippen LogP contribution < -0.4 is 10.6 Å². The molecule has 2 aromatic carbocycles. The maximum atomic E-state index is 13.2. The molecule has 0 saturated carbocycles. The van der Waals surface area contributed by atoms with Crippen LogP contribution in [0.15, 0.2) is 72.0 Å². The third kappa shape index (κ3) is 6.36. The van der Waals surface area contributed by atoms with E-state index in [1.54, 1.807) is 60.7 Å². The maximum Gasteiger partial charge on any atom is 0.406 e. The van der Waals surface area contributed by atoms with Gasteiger partial charge in [0, 0.05) is 18.7 Å². The van der Waals surface area contributed by atoms with Gasteiger partial charge >= 0.3 is 6.18 Å². The molecular formula is C22H21F3N4O2S. The normalized spacial score (nSPS) is 11.3. The largest absolute Gasteiger partial charge is 0.406 e. The lowest BCUT2D eigenvalue weighted by Gasteiger charge is -2.22. The van der Waals surface area contributed by atoms with Crippen molar-refractivity contribution >= 4 is 29.3 Å². The monoisotopic (exact) mass is 462 g/mol. The second kappa shape index (κ2) is 10.4. The third-order valence-electron chi connectivity index (χ3n) is 4.50. The van der Waals surface area contributed by atoms with Gasteiger partial charge in [0.1, 0.15) is 6.54 Å². The Morgan fingerprint density at radius 3 is 2.25 bits per heavy atom.